The summed E-state index contributed by atoms with van der Waals surface area (Å²) < 4.78 is 31.0. The van der Waals surface area contributed by atoms with Gasteiger partial charge in [0.2, 0.25) is 0 Å². The number of ether oxygens (including phenoxy) is 1. The van der Waals surface area contributed by atoms with Crippen LogP contribution in [0.3, 0.4) is 0 Å². The number of aromatic nitrogens is 4. The average Bonchev–Trinajstić information content (AvgIpc) is 3.66. The maximum atomic E-state index is 14.1. The van der Waals surface area contributed by atoms with Crippen molar-refractivity contribution in [3.63, 3.8) is 0 Å². The van der Waals surface area contributed by atoms with Gasteiger partial charge in [0.15, 0.2) is 17.0 Å². The topological polar surface area (TPSA) is 118 Å². The van der Waals surface area contributed by atoms with Crippen molar-refractivity contribution in [1.82, 2.24) is 19.5 Å². The quantitative estimate of drug-likeness (QED) is 0.139. The van der Waals surface area contributed by atoms with Crippen molar-refractivity contribution in [2.45, 2.75) is 109 Å². The van der Waals surface area contributed by atoms with Crippen molar-refractivity contribution >= 4 is 45.9 Å². The lowest BCUT2D eigenvalue weighted by molar-refractivity contribution is -0.0568. The molecule has 0 saturated carbocycles. The molecule has 0 bridgehead atoms. The zero-order valence-corrected chi connectivity index (χ0v) is 32.8. The van der Waals surface area contributed by atoms with Crippen molar-refractivity contribution in [2.24, 2.45) is 5.92 Å². The van der Waals surface area contributed by atoms with E-state index >= 15 is 0 Å². The summed E-state index contributed by atoms with van der Waals surface area (Å²) in [7, 11) is -5.60. The first-order valence-corrected chi connectivity index (χ1v) is 22.2. The van der Waals surface area contributed by atoms with Crippen LogP contribution in [0.1, 0.15) is 94.6 Å². The highest BCUT2D eigenvalue weighted by molar-refractivity contribution is 6.84. The second kappa shape index (κ2) is 13.8. The largest absolute Gasteiger partial charge is 0.414 e. The first-order chi connectivity index (χ1) is 24.4. The highest BCUT2D eigenvalue weighted by Gasteiger charge is 2.62. The number of hydrogen-bond donors (Lipinski definition) is 0. The average molecular weight is 728 g/mol. The predicted octanol–water partition coefficient (Wildman–Crippen LogP) is 7.73. The number of aryl methyl sites for hydroxylation is 1. The van der Waals surface area contributed by atoms with E-state index in [0.717, 1.165) is 17.1 Å². The molecule has 0 unspecified atom stereocenters. The van der Waals surface area contributed by atoms with Crippen LogP contribution in [0.2, 0.25) is 22.2 Å². The summed E-state index contributed by atoms with van der Waals surface area (Å²) in [5.74, 6) is -0.103. The molecule has 0 N–H and O–H groups in total. The molecule has 13 heteroatoms. The molecule has 3 aliphatic heterocycles. The number of benzene rings is 2. The Labute approximate surface area is 302 Å². The van der Waals surface area contributed by atoms with Gasteiger partial charge in [0.05, 0.1) is 12.7 Å². The van der Waals surface area contributed by atoms with Gasteiger partial charge in [0.25, 0.3) is 11.8 Å². The van der Waals surface area contributed by atoms with Crippen LogP contribution in [0, 0.1) is 5.92 Å². The minimum atomic E-state index is -2.86. The van der Waals surface area contributed by atoms with E-state index in [9.17, 15) is 9.59 Å². The Bertz CT molecular complexity index is 1840. The molecule has 2 amide bonds. The number of imidazole rings is 1. The minimum Gasteiger partial charge on any atom is -0.414 e. The summed E-state index contributed by atoms with van der Waals surface area (Å²) in [5, 5.41) is 0. The predicted molar refractivity (Wildman–Crippen MR) is 199 cm³/mol. The monoisotopic (exact) mass is 727 g/mol. The van der Waals surface area contributed by atoms with Gasteiger partial charge >= 0.3 is 17.1 Å². The van der Waals surface area contributed by atoms with E-state index in [1.165, 1.54) is 6.33 Å². The molecule has 11 nitrogen and oxygen atoms in total. The molecule has 0 spiro atoms. The summed E-state index contributed by atoms with van der Waals surface area (Å²) in [6.45, 7) is 18.2. The SMILES string of the molecule is CC(C)[Si]1(C(C)C)OC[C@H]2O[C@@H]3[C@@H](CCc4nc5c(N(C(=O)c6ccccc6)C(=O)c6ccccc6)ncnc5n43)[C@@H]2O[Si](C(C)C)(C(C)C)O1. The third-order valence-electron chi connectivity index (χ3n) is 10.9. The van der Waals surface area contributed by atoms with Gasteiger partial charge in [-0.05, 0) is 52.9 Å². The van der Waals surface area contributed by atoms with Crippen LogP contribution in [-0.4, -0.2) is 67.3 Å². The molecule has 51 heavy (non-hydrogen) atoms. The fourth-order valence-corrected chi connectivity index (χ4v) is 19.6. The number of nitrogens with zero attached hydrogens (tertiary/aromatic N) is 5. The molecule has 4 atom stereocenters. The molecule has 0 radical (unpaired) electrons. The van der Waals surface area contributed by atoms with Crippen LogP contribution < -0.4 is 4.90 Å². The molecule has 2 saturated heterocycles. The zero-order chi connectivity index (χ0) is 36.2. The number of amides is 2. The molecular formula is C38H49N5O6Si2. The Morgan fingerprint density at radius 3 is 1.92 bits per heavy atom. The van der Waals surface area contributed by atoms with E-state index in [1.54, 1.807) is 48.5 Å². The lowest BCUT2D eigenvalue weighted by atomic mass is 9.92. The Morgan fingerprint density at radius 1 is 0.804 bits per heavy atom. The molecule has 0 aliphatic carbocycles. The summed E-state index contributed by atoms with van der Waals surface area (Å²) in [6.07, 6.45) is 1.85. The first-order valence-electron chi connectivity index (χ1n) is 18.3. The Morgan fingerprint density at radius 2 is 1.37 bits per heavy atom. The van der Waals surface area contributed by atoms with Crippen LogP contribution in [0.15, 0.2) is 67.0 Å². The summed E-state index contributed by atoms with van der Waals surface area (Å²) in [4.78, 5) is 43.7. The van der Waals surface area contributed by atoms with Crippen LogP contribution >= 0.6 is 0 Å². The highest BCUT2D eigenvalue weighted by Crippen LogP contribution is 2.52. The molecule has 2 fully saturated rings. The molecule has 2 aromatic carbocycles. The van der Waals surface area contributed by atoms with E-state index < -0.39 is 35.2 Å². The summed E-state index contributed by atoms with van der Waals surface area (Å²) >= 11 is 0. The van der Waals surface area contributed by atoms with Crippen molar-refractivity contribution < 1.29 is 27.3 Å². The van der Waals surface area contributed by atoms with Crippen molar-refractivity contribution in [3.8, 4) is 0 Å². The lowest BCUT2D eigenvalue weighted by Gasteiger charge is -2.51. The van der Waals surface area contributed by atoms with Crippen molar-refractivity contribution in [3.05, 3.63) is 83.9 Å². The van der Waals surface area contributed by atoms with Gasteiger partial charge < -0.3 is 17.7 Å². The van der Waals surface area contributed by atoms with Gasteiger partial charge in [-0.2, -0.15) is 0 Å². The molecular weight excluding hydrogens is 679 g/mol. The van der Waals surface area contributed by atoms with Gasteiger partial charge in [-0.3, -0.25) is 14.2 Å². The molecule has 4 aromatic rings. The number of fused-ring (bicyclic) bond motifs is 7. The van der Waals surface area contributed by atoms with Gasteiger partial charge in [0.1, 0.15) is 24.5 Å². The molecule has 2 aromatic heterocycles. The lowest BCUT2D eigenvalue weighted by Crippen LogP contribution is -2.65. The van der Waals surface area contributed by atoms with Crippen molar-refractivity contribution in [1.29, 1.82) is 0 Å². The molecule has 270 valence electrons. The summed E-state index contributed by atoms with van der Waals surface area (Å²) in [6, 6.07) is 17.5. The third kappa shape index (κ3) is 5.91. The number of hydrogen-bond acceptors (Lipinski definition) is 9. The van der Waals surface area contributed by atoms with Crippen molar-refractivity contribution in [2.75, 3.05) is 11.5 Å². The van der Waals surface area contributed by atoms with Gasteiger partial charge in [-0.1, -0.05) is 91.8 Å². The van der Waals surface area contributed by atoms with E-state index in [-0.39, 0.29) is 46.1 Å². The minimum absolute atomic E-state index is 0.00448. The number of imide groups is 1. The Hall–Kier alpha value is -3.60. The number of carbonyl (C=O) groups is 2. The number of anilines is 1. The van der Waals surface area contributed by atoms with Crippen LogP contribution in [-0.2, 0) is 24.1 Å². The first kappa shape index (κ1) is 35.8. The van der Waals surface area contributed by atoms with Gasteiger partial charge in [-0.15, -0.1) is 0 Å². The second-order valence-electron chi connectivity index (χ2n) is 15.3. The van der Waals surface area contributed by atoms with E-state index in [1.807, 2.05) is 16.7 Å². The van der Waals surface area contributed by atoms with Crippen LogP contribution in [0.5, 0.6) is 0 Å². The van der Waals surface area contributed by atoms with Gasteiger partial charge in [0, 0.05) is 23.5 Å². The van der Waals surface area contributed by atoms with E-state index in [4.69, 9.17) is 27.7 Å². The normalized spacial score (nSPS) is 23.9. The maximum absolute atomic E-state index is 14.1. The van der Waals surface area contributed by atoms with Gasteiger partial charge in [-0.25, -0.2) is 19.9 Å². The fraction of sp³-hybridized carbons (Fsp3) is 0.500. The van der Waals surface area contributed by atoms with Crippen LogP contribution in [0.4, 0.5) is 5.82 Å². The molecule has 7 rings (SSSR count). The number of carbonyl (C=O) groups excluding carboxylic acids is 2. The smallest absolute Gasteiger partial charge is 0.335 e. The van der Waals surface area contributed by atoms with E-state index in [2.05, 4.69) is 60.4 Å². The fourth-order valence-electron chi connectivity index (χ4n) is 8.34. The Kier molecular flexibility index (Phi) is 9.65. The second-order valence-corrected chi connectivity index (χ2v) is 24.1. The Balaban J connectivity index is 1.32. The molecule has 5 heterocycles. The summed E-state index contributed by atoms with van der Waals surface area (Å²) in [5.41, 5.74) is 2.44. The zero-order valence-electron chi connectivity index (χ0n) is 30.8. The number of rotatable bonds is 7. The van der Waals surface area contributed by atoms with E-state index in [0.29, 0.717) is 35.3 Å². The standard InChI is InChI=1S/C38H49N5O6Si2/c1-23(2)50(24(3)4)46-21-30-33(48-51(49-50,25(5)6)26(7)8)29-19-20-31-41-32-34(42(31)38(29)47-30)39-22-40-35(32)43(36(44)27-15-11-9-12-16-27)37(45)28-17-13-10-14-18-28/h9-18,22-26,29-30,33,38H,19-21H2,1-8H3/t29-,30+,33-,38+/m0/s1. The highest BCUT2D eigenvalue weighted by atomic mass is 28.5. The third-order valence-corrected chi connectivity index (χ3v) is 21.2. The molecule has 3 aliphatic rings. The maximum Gasteiger partial charge on any atom is 0.335 e. The van der Waals surface area contributed by atoms with Crippen LogP contribution in [0.25, 0.3) is 11.2 Å².